The molecule has 0 bridgehead atoms. The lowest BCUT2D eigenvalue weighted by atomic mass is 10.1. The fourth-order valence-electron chi connectivity index (χ4n) is 1.96. The predicted octanol–water partition coefficient (Wildman–Crippen LogP) is 1.56. The largest absolute Gasteiger partial charge is 0.329 e. The maximum absolute atomic E-state index is 12.4. The first kappa shape index (κ1) is 14.9. The van der Waals surface area contributed by atoms with Crippen molar-refractivity contribution < 1.29 is 8.42 Å². The summed E-state index contributed by atoms with van der Waals surface area (Å²) in [5.41, 5.74) is 5.58. The SMILES string of the molecule is CCC(CN)S(=O)(=O)N(CCC(C)C)C1CC1. The van der Waals surface area contributed by atoms with Crippen LogP contribution in [0.15, 0.2) is 0 Å². The Morgan fingerprint density at radius 3 is 2.29 bits per heavy atom. The molecular formula is C12H26N2O2S. The van der Waals surface area contributed by atoms with Crippen molar-refractivity contribution in [3.05, 3.63) is 0 Å². The molecule has 1 aliphatic rings. The minimum atomic E-state index is -3.19. The van der Waals surface area contributed by atoms with Crippen molar-refractivity contribution in [3.8, 4) is 0 Å². The number of nitrogens with two attached hydrogens (primary N) is 1. The van der Waals surface area contributed by atoms with Gasteiger partial charge < -0.3 is 5.73 Å². The van der Waals surface area contributed by atoms with Gasteiger partial charge in [-0.1, -0.05) is 20.8 Å². The van der Waals surface area contributed by atoms with Gasteiger partial charge in [0.05, 0.1) is 5.25 Å². The highest BCUT2D eigenvalue weighted by molar-refractivity contribution is 7.89. The zero-order valence-electron chi connectivity index (χ0n) is 11.2. The molecule has 1 saturated carbocycles. The van der Waals surface area contributed by atoms with Crippen LogP contribution in [0.5, 0.6) is 0 Å². The number of nitrogens with zero attached hydrogens (tertiary/aromatic N) is 1. The van der Waals surface area contributed by atoms with Gasteiger partial charge in [-0.25, -0.2) is 8.42 Å². The molecule has 1 aliphatic carbocycles. The van der Waals surface area contributed by atoms with Gasteiger partial charge in [-0.3, -0.25) is 0 Å². The van der Waals surface area contributed by atoms with Gasteiger partial charge >= 0.3 is 0 Å². The first-order chi connectivity index (χ1) is 7.93. The quantitative estimate of drug-likeness (QED) is 0.722. The first-order valence-corrected chi connectivity index (χ1v) is 8.14. The second-order valence-corrected chi connectivity index (χ2v) is 7.50. The van der Waals surface area contributed by atoms with Crippen molar-refractivity contribution in [1.82, 2.24) is 4.31 Å². The van der Waals surface area contributed by atoms with Crippen LogP contribution in [-0.2, 0) is 10.0 Å². The van der Waals surface area contributed by atoms with Crippen molar-refractivity contribution in [1.29, 1.82) is 0 Å². The molecule has 1 unspecified atom stereocenters. The predicted molar refractivity (Wildman–Crippen MR) is 71.2 cm³/mol. The van der Waals surface area contributed by atoms with Gasteiger partial charge in [0.2, 0.25) is 10.0 Å². The average molecular weight is 262 g/mol. The molecule has 0 aromatic heterocycles. The number of hydrogen-bond acceptors (Lipinski definition) is 3. The Hall–Kier alpha value is -0.130. The smallest absolute Gasteiger partial charge is 0.218 e. The molecule has 1 rings (SSSR count). The van der Waals surface area contributed by atoms with Crippen molar-refractivity contribution >= 4 is 10.0 Å². The Bertz CT molecular complexity index is 319. The Morgan fingerprint density at radius 1 is 1.35 bits per heavy atom. The minimum Gasteiger partial charge on any atom is -0.329 e. The second-order valence-electron chi connectivity index (χ2n) is 5.34. The lowest BCUT2D eigenvalue weighted by Gasteiger charge is -2.27. The summed E-state index contributed by atoms with van der Waals surface area (Å²) >= 11 is 0. The third-order valence-corrected chi connectivity index (χ3v) is 5.85. The van der Waals surface area contributed by atoms with E-state index in [2.05, 4.69) is 13.8 Å². The van der Waals surface area contributed by atoms with Crippen LogP contribution in [0.2, 0.25) is 0 Å². The lowest BCUT2D eigenvalue weighted by molar-refractivity contribution is 0.367. The molecule has 0 aliphatic heterocycles. The Morgan fingerprint density at radius 2 is 1.94 bits per heavy atom. The number of rotatable bonds is 8. The third kappa shape index (κ3) is 3.93. The summed E-state index contributed by atoms with van der Waals surface area (Å²) in [4.78, 5) is 0. The maximum Gasteiger partial charge on any atom is 0.218 e. The molecule has 17 heavy (non-hydrogen) atoms. The van der Waals surface area contributed by atoms with Crippen molar-refractivity contribution in [3.63, 3.8) is 0 Å². The van der Waals surface area contributed by atoms with Crippen LogP contribution in [0.1, 0.15) is 46.5 Å². The molecule has 0 aromatic rings. The molecule has 0 amide bonds. The highest BCUT2D eigenvalue weighted by Gasteiger charge is 2.39. The van der Waals surface area contributed by atoms with E-state index in [1.54, 1.807) is 4.31 Å². The van der Waals surface area contributed by atoms with Gasteiger partial charge in [0.25, 0.3) is 0 Å². The molecule has 0 radical (unpaired) electrons. The molecular weight excluding hydrogens is 236 g/mol. The number of hydrogen-bond donors (Lipinski definition) is 1. The van der Waals surface area contributed by atoms with Gasteiger partial charge in [-0.2, -0.15) is 4.31 Å². The van der Waals surface area contributed by atoms with Gasteiger partial charge in [-0.15, -0.1) is 0 Å². The lowest BCUT2D eigenvalue weighted by Crippen LogP contribution is -2.43. The van der Waals surface area contributed by atoms with Crippen LogP contribution < -0.4 is 5.73 Å². The normalized spacial score (nSPS) is 18.9. The fraction of sp³-hybridized carbons (Fsp3) is 1.00. The Labute approximate surface area is 106 Å². The van der Waals surface area contributed by atoms with Crippen LogP contribution >= 0.6 is 0 Å². The van der Waals surface area contributed by atoms with E-state index in [9.17, 15) is 8.42 Å². The van der Waals surface area contributed by atoms with E-state index in [0.717, 1.165) is 19.3 Å². The maximum atomic E-state index is 12.4. The van der Waals surface area contributed by atoms with Crippen LogP contribution in [-0.4, -0.2) is 37.1 Å². The highest BCUT2D eigenvalue weighted by Crippen LogP contribution is 2.31. The van der Waals surface area contributed by atoms with E-state index in [1.807, 2.05) is 6.92 Å². The van der Waals surface area contributed by atoms with E-state index >= 15 is 0 Å². The second kappa shape index (κ2) is 6.16. The van der Waals surface area contributed by atoms with Crippen molar-refractivity contribution in [2.75, 3.05) is 13.1 Å². The summed E-state index contributed by atoms with van der Waals surface area (Å²) in [5, 5.41) is -0.407. The monoisotopic (exact) mass is 262 g/mol. The summed E-state index contributed by atoms with van der Waals surface area (Å²) < 4.78 is 26.6. The molecule has 0 saturated heterocycles. The Kier molecular flexibility index (Phi) is 5.41. The van der Waals surface area contributed by atoms with Crippen LogP contribution in [0.3, 0.4) is 0 Å². The van der Waals surface area contributed by atoms with E-state index < -0.39 is 15.3 Å². The molecule has 102 valence electrons. The summed E-state index contributed by atoms with van der Waals surface area (Å²) in [5.74, 6) is 0.532. The molecule has 1 atom stereocenters. The minimum absolute atomic E-state index is 0.226. The molecule has 0 aromatic carbocycles. The fourth-order valence-corrected chi connectivity index (χ4v) is 3.99. The van der Waals surface area contributed by atoms with Crippen LogP contribution in [0.25, 0.3) is 0 Å². The molecule has 2 N–H and O–H groups in total. The zero-order chi connectivity index (χ0) is 13.1. The van der Waals surface area contributed by atoms with Gasteiger partial charge in [0, 0.05) is 19.1 Å². The summed E-state index contributed by atoms with van der Waals surface area (Å²) in [7, 11) is -3.19. The molecule has 5 heteroatoms. The highest BCUT2D eigenvalue weighted by atomic mass is 32.2. The summed E-state index contributed by atoms with van der Waals surface area (Å²) in [6.45, 7) is 7.02. The molecule has 4 nitrogen and oxygen atoms in total. The van der Waals surface area contributed by atoms with Crippen molar-refractivity contribution in [2.45, 2.75) is 57.7 Å². The average Bonchev–Trinajstić information content (AvgIpc) is 3.02. The molecule has 0 heterocycles. The zero-order valence-corrected chi connectivity index (χ0v) is 12.0. The van der Waals surface area contributed by atoms with E-state index in [4.69, 9.17) is 5.73 Å². The third-order valence-electron chi connectivity index (χ3n) is 3.35. The van der Waals surface area contributed by atoms with E-state index in [0.29, 0.717) is 18.9 Å². The number of sulfonamides is 1. The van der Waals surface area contributed by atoms with Crippen molar-refractivity contribution in [2.24, 2.45) is 11.7 Å². The Balaban J connectivity index is 2.74. The van der Waals surface area contributed by atoms with Crippen LogP contribution in [0, 0.1) is 5.92 Å². The van der Waals surface area contributed by atoms with Crippen LogP contribution in [0.4, 0.5) is 0 Å². The first-order valence-electron chi connectivity index (χ1n) is 6.64. The van der Waals surface area contributed by atoms with Gasteiger partial charge in [-0.05, 0) is 31.6 Å². The molecule has 0 spiro atoms. The summed E-state index contributed by atoms with van der Waals surface area (Å²) in [6, 6.07) is 0.249. The molecule has 1 fully saturated rings. The summed E-state index contributed by atoms with van der Waals surface area (Å²) in [6.07, 6.45) is 3.55. The van der Waals surface area contributed by atoms with E-state index in [-0.39, 0.29) is 12.6 Å². The van der Waals surface area contributed by atoms with Gasteiger partial charge in [0.15, 0.2) is 0 Å². The topological polar surface area (TPSA) is 63.4 Å². The van der Waals surface area contributed by atoms with Gasteiger partial charge in [0.1, 0.15) is 0 Å². The standard InChI is InChI=1S/C12H26N2O2S/c1-4-12(9-13)17(15,16)14(11-5-6-11)8-7-10(2)3/h10-12H,4-9,13H2,1-3H3. The van der Waals surface area contributed by atoms with E-state index in [1.165, 1.54) is 0 Å².